The number of halogens is 3. The van der Waals surface area contributed by atoms with Crippen LogP contribution in [-0.2, 0) is 6.42 Å². The summed E-state index contributed by atoms with van der Waals surface area (Å²) in [6.07, 6.45) is 0.812. The van der Waals surface area contributed by atoms with Crippen LogP contribution >= 0.6 is 35.6 Å². The molecular weight excluding hydrogens is 353 g/mol. The van der Waals surface area contributed by atoms with Crippen LogP contribution in [0.5, 0.6) is 5.75 Å². The zero-order valence-corrected chi connectivity index (χ0v) is 15.2. The van der Waals surface area contributed by atoms with Crippen molar-refractivity contribution >= 4 is 35.6 Å². The minimum atomic E-state index is 0. The Kier molecular flexibility index (Phi) is 9.42. The van der Waals surface area contributed by atoms with Gasteiger partial charge in [0.05, 0.1) is 0 Å². The van der Waals surface area contributed by atoms with Gasteiger partial charge in [0, 0.05) is 30.9 Å². The standard InChI is InChI=1S/C18H21Cl2NO.ClH/c19-9-11-21(12-10-20)18(16-6-2-1-3-7-16)14-15-5-4-8-17(22)13-15;/h1-8,13,18,22H,9-12,14H2;1H. The van der Waals surface area contributed by atoms with Crippen LogP contribution in [-0.4, -0.2) is 34.9 Å². The Morgan fingerprint density at radius 1 is 0.913 bits per heavy atom. The number of nitrogens with zero attached hydrogens (tertiary/aromatic N) is 1. The van der Waals surface area contributed by atoms with Gasteiger partial charge in [0.2, 0.25) is 0 Å². The summed E-state index contributed by atoms with van der Waals surface area (Å²) in [5.74, 6) is 1.44. The molecule has 126 valence electrons. The fourth-order valence-corrected chi connectivity index (χ4v) is 3.11. The van der Waals surface area contributed by atoms with Gasteiger partial charge in [-0.05, 0) is 29.7 Å². The maximum Gasteiger partial charge on any atom is 0.115 e. The normalized spacial score (nSPS) is 12.0. The monoisotopic (exact) mass is 373 g/mol. The van der Waals surface area contributed by atoms with Gasteiger partial charge in [0.1, 0.15) is 5.75 Å². The Morgan fingerprint density at radius 2 is 1.57 bits per heavy atom. The molecule has 2 aromatic carbocycles. The fourth-order valence-electron chi connectivity index (χ4n) is 2.68. The summed E-state index contributed by atoms with van der Waals surface area (Å²) in [5.41, 5.74) is 2.34. The molecule has 0 heterocycles. The van der Waals surface area contributed by atoms with Crippen molar-refractivity contribution < 1.29 is 5.11 Å². The highest BCUT2D eigenvalue weighted by Crippen LogP contribution is 2.26. The quantitative estimate of drug-likeness (QED) is 0.666. The Labute approximate surface area is 154 Å². The van der Waals surface area contributed by atoms with E-state index in [4.69, 9.17) is 23.2 Å². The van der Waals surface area contributed by atoms with Gasteiger partial charge in [0.25, 0.3) is 0 Å². The number of aromatic hydroxyl groups is 1. The van der Waals surface area contributed by atoms with Crippen LogP contribution < -0.4 is 0 Å². The van der Waals surface area contributed by atoms with E-state index in [1.165, 1.54) is 5.56 Å². The van der Waals surface area contributed by atoms with Crippen molar-refractivity contribution in [1.82, 2.24) is 4.90 Å². The third-order valence-electron chi connectivity index (χ3n) is 3.71. The molecule has 0 aliphatic carbocycles. The summed E-state index contributed by atoms with van der Waals surface area (Å²) in [7, 11) is 0. The molecule has 1 atom stereocenters. The van der Waals surface area contributed by atoms with Crippen molar-refractivity contribution in [2.75, 3.05) is 24.8 Å². The van der Waals surface area contributed by atoms with Crippen LogP contribution in [0.4, 0.5) is 0 Å². The van der Waals surface area contributed by atoms with E-state index in [0.29, 0.717) is 17.5 Å². The summed E-state index contributed by atoms with van der Waals surface area (Å²) in [5, 5.41) is 9.69. The average Bonchev–Trinajstić information content (AvgIpc) is 2.53. The molecule has 5 heteroatoms. The molecule has 2 nitrogen and oxygen atoms in total. The predicted octanol–water partition coefficient (Wildman–Crippen LogP) is 4.88. The zero-order chi connectivity index (χ0) is 15.8. The maximum absolute atomic E-state index is 9.69. The summed E-state index contributed by atoms with van der Waals surface area (Å²) in [6, 6.07) is 18.0. The second-order valence-electron chi connectivity index (χ2n) is 5.21. The van der Waals surface area contributed by atoms with Gasteiger partial charge in [-0.25, -0.2) is 0 Å². The molecule has 0 aliphatic heterocycles. The summed E-state index contributed by atoms with van der Waals surface area (Å²) < 4.78 is 0. The lowest BCUT2D eigenvalue weighted by atomic mass is 9.97. The molecule has 0 saturated carbocycles. The van der Waals surface area contributed by atoms with Gasteiger partial charge in [-0.1, -0.05) is 42.5 Å². The van der Waals surface area contributed by atoms with E-state index in [0.717, 1.165) is 25.1 Å². The first-order chi connectivity index (χ1) is 10.7. The fraction of sp³-hybridized carbons (Fsp3) is 0.333. The van der Waals surface area contributed by atoms with Crippen LogP contribution in [0.3, 0.4) is 0 Å². The zero-order valence-electron chi connectivity index (χ0n) is 12.9. The van der Waals surface area contributed by atoms with E-state index >= 15 is 0 Å². The van der Waals surface area contributed by atoms with Crippen molar-refractivity contribution in [3.05, 3.63) is 65.7 Å². The Balaban J connectivity index is 0.00000264. The molecule has 0 spiro atoms. The van der Waals surface area contributed by atoms with Crippen LogP contribution in [0, 0.1) is 0 Å². The van der Waals surface area contributed by atoms with E-state index in [9.17, 15) is 5.11 Å². The Bertz CT molecular complexity index is 559. The third kappa shape index (κ3) is 6.23. The van der Waals surface area contributed by atoms with Gasteiger partial charge < -0.3 is 5.11 Å². The van der Waals surface area contributed by atoms with Crippen molar-refractivity contribution in [1.29, 1.82) is 0 Å². The highest BCUT2D eigenvalue weighted by Gasteiger charge is 2.20. The van der Waals surface area contributed by atoms with Crippen molar-refractivity contribution in [2.45, 2.75) is 12.5 Å². The van der Waals surface area contributed by atoms with E-state index < -0.39 is 0 Å². The van der Waals surface area contributed by atoms with Gasteiger partial charge >= 0.3 is 0 Å². The summed E-state index contributed by atoms with van der Waals surface area (Å²) in [6.45, 7) is 1.57. The number of phenolic OH excluding ortho intramolecular Hbond substituents is 1. The van der Waals surface area contributed by atoms with Gasteiger partial charge in [-0.15, -0.1) is 35.6 Å². The van der Waals surface area contributed by atoms with E-state index in [1.807, 2.05) is 36.4 Å². The second-order valence-corrected chi connectivity index (χ2v) is 5.97. The average molecular weight is 375 g/mol. The highest BCUT2D eigenvalue weighted by atomic mass is 35.5. The van der Waals surface area contributed by atoms with Gasteiger partial charge in [-0.2, -0.15) is 0 Å². The largest absolute Gasteiger partial charge is 0.508 e. The lowest BCUT2D eigenvalue weighted by Gasteiger charge is -2.31. The van der Waals surface area contributed by atoms with Crippen LogP contribution in [0.1, 0.15) is 17.2 Å². The first-order valence-electron chi connectivity index (χ1n) is 7.43. The van der Waals surface area contributed by atoms with Crippen molar-refractivity contribution in [2.24, 2.45) is 0 Å². The van der Waals surface area contributed by atoms with Crippen LogP contribution in [0.25, 0.3) is 0 Å². The number of benzene rings is 2. The summed E-state index contributed by atoms with van der Waals surface area (Å²) >= 11 is 11.9. The minimum absolute atomic E-state index is 0. The topological polar surface area (TPSA) is 23.5 Å². The number of rotatable bonds is 8. The molecule has 2 aromatic rings. The lowest BCUT2D eigenvalue weighted by molar-refractivity contribution is 0.220. The number of phenols is 1. The first-order valence-corrected chi connectivity index (χ1v) is 8.50. The lowest BCUT2D eigenvalue weighted by Crippen LogP contribution is -2.33. The van der Waals surface area contributed by atoms with Crippen LogP contribution in [0.2, 0.25) is 0 Å². The maximum atomic E-state index is 9.69. The first kappa shape index (κ1) is 20.1. The van der Waals surface area contributed by atoms with Crippen LogP contribution in [0.15, 0.2) is 54.6 Å². The molecule has 0 aliphatic rings. The second kappa shape index (κ2) is 10.8. The molecule has 0 amide bonds. The molecular formula is C18H22Cl3NO. The number of hydrogen-bond donors (Lipinski definition) is 1. The SMILES string of the molecule is Cl.Oc1cccc(CC(c2ccccc2)N(CCCl)CCCl)c1. The highest BCUT2D eigenvalue weighted by molar-refractivity contribution is 6.18. The van der Waals surface area contributed by atoms with Gasteiger partial charge in [-0.3, -0.25) is 4.90 Å². The van der Waals surface area contributed by atoms with Crippen molar-refractivity contribution in [3.63, 3.8) is 0 Å². The summed E-state index contributed by atoms with van der Waals surface area (Å²) in [4.78, 5) is 2.30. The molecule has 0 fully saturated rings. The third-order valence-corrected chi connectivity index (χ3v) is 4.05. The number of hydrogen-bond acceptors (Lipinski definition) is 2. The molecule has 2 rings (SSSR count). The minimum Gasteiger partial charge on any atom is -0.508 e. The molecule has 0 bridgehead atoms. The van der Waals surface area contributed by atoms with Gasteiger partial charge in [0.15, 0.2) is 0 Å². The molecule has 0 saturated heterocycles. The molecule has 0 aromatic heterocycles. The predicted molar refractivity (Wildman–Crippen MR) is 101 cm³/mol. The molecule has 0 radical (unpaired) electrons. The number of alkyl halides is 2. The smallest absolute Gasteiger partial charge is 0.115 e. The molecule has 1 N–H and O–H groups in total. The molecule has 23 heavy (non-hydrogen) atoms. The van der Waals surface area contributed by atoms with E-state index in [2.05, 4.69) is 17.0 Å². The Hall–Kier alpha value is -0.930. The Morgan fingerprint density at radius 3 is 2.13 bits per heavy atom. The van der Waals surface area contributed by atoms with E-state index in [1.54, 1.807) is 6.07 Å². The molecule has 1 unspecified atom stereocenters. The van der Waals surface area contributed by atoms with E-state index in [-0.39, 0.29) is 18.4 Å². The van der Waals surface area contributed by atoms with Crippen molar-refractivity contribution in [3.8, 4) is 5.75 Å².